The lowest BCUT2D eigenvalue weighted by Gasteiger charge is -2.20. The first-order valence-electron chi connectivity index (χ1n) is 5.82. The van der Waals surface area contributed by atoms with E-state index in [1.807, 2.05) is 31.2 Å². The van der Waals surface area contributed by atoms with E-state index < -0.39 is 12.0 Å². The molecule has 1 aromatic carbocycles. The van der Waals surface area contributed by atoms with E-state index in [0.717, 1.165) is 18.4 Å². The van der Waals surface area contributed by atoms with Crippen molar-refractivity contribution in [1.29, 1.82) is 0 Å². The number of hydrogen-bond donors (Lipinski definition) is 2. The molecule has 0 aromatic heterocycles. The predicted octanol–water partition coefficient (Wildman–Crippen LogP) is 2.85. The molecule has 0 heterocycles. The zero-order valence-corrected chi connectivity index (χ0v) is 10.4. The van der Waals surface area contributed by atoms with Gasteiger partial charge >= 0.3 is 5.97 Å². The van der Waals surface area contributed by atoms with Gasteiger partial charge in [-0.25, -0.2) is 0 Å². The molecule has 1 saturated carbocycles. The van der Waals surface area contributed by atoms with Crippen molar-refractivity contribution in [1.82, 2.24) is 5.32 Å². The monoisotopic (exact) mass is 253 g/mol. The van der Waals surface area contributed by atoms with Crippen molar-refractivity contribution in [2.24, 2.45) is 5.92 Å². The Bertz CT molecular complexity index is 400. The average Bonchev–Trinajstić information content (AvgIpc) is 3.10. The number of carboxylic acid groups (broad SMARTS) is 1. The van der Waals surface area contributed by atoms with Gasteiger partial charge < -0.3 is 5.11 Å². The van der Waals surface area contributed by atoms with Gasteiger partial charge in [0.25, 0.3) is 0 Å². The summed E-state index contributed by atoms with van der Waals surface area (Å²) in [6.45, 7) is 1.97. The lowest BCUT2D eigenvalue weighted by atomic mass is 10.1. The Kier molecular flexibility index (Phi) is 3.69. The molecule has 0 spiro atoms. The van der Waals surface area contributed by atoms with E-state index >= 15 is 0 Å². The maximum Gasteiger partial charge on any atom is 0.320 e. The van der Waals surface area contributed by atoms with Gasteiger partial charge in [0.1, 0.15) is 6.04 Å². The Morgan fingerprint density at radius 2 is 2.00 bits per heavy atom. The summed E-state index contributed by atoms with van der Waals surface area (Å²) >= 11 is 5.82. The van der Waals surface area contributed by atoms with Crippen LogP contribution < -0.4 is 5.32 Å². The Morgan fingerprint density at radius 3 is 2.47 bits per heavy atom. The summed E-state index contributed by atoms with van der Waals surface area (Å²) in [7, 11) is 0. The van der Waals surface area contributed by atoms with Crippen LogP contribution in [0.25, 0.3) is 0 Å². The Balaban J connectivity index is 2.01. The fourth-order valence-electron chi connectivity index (χ4n) is 1.96. The van der Waals surface area contributed by atoms with Crippen LogP contribution in [0.15, 0.2) is 24.3 Å². The summed E-state index contributed by atoms with van der Waals surface area (Å²) in [5.41, 5.74) is 1.06. The first-order valence-corrected chi connectivity index (χ1v) is 6.20. The number of rotatable bonds is 5. The van der Waals surface area contributed by atoms with Gasteiger partial charge in [-0.05, 0) is 43.4 Å². The van der Waals surface area contributed by atoms with E-state index in [2.05, 4.69) is 5.32 Å². The van der Waals surface area contributed by atoms with Crippen molar-refractivity contribution in [2.75, 3.05) is 0 Å². The molecule has 17 heavy (non-hydrogen) atoms. The molecule has 0 aliphatic heterocycles. The van der Waals surface area contributed by atoms with Crippen LogP contribution in [0.1, 0.15) is 31.4 Å². The molecule has 3 nitrogen and oxygen atoms in total. The summed E-state index contributed by atoms with van der Waals surface area (Å²) in [5, 5.41) is 13.0. The standard InChI is InChI=1S/C13H16ClNO2/c1-8(9-4-6-11(14)7-5-9)15-12(13(16)17)10-2-3-10/h4-8,10,12,15H,2-3H2,1H3,(H,16,17)/t8-,12?/m0/s1. The minimum Gasteiger partial charge on any atom is -0.480 e. The zero-order chi connectivity index (χ0) is 12.4. The molecule has 1 aliphatic rings. The topological polar surface area (TPSA) is 49.3 Å². The molecule has 1 aliphatic carbocycles. The maximum atomic E-state index is 11.1. The summed E-state index contributed by atoms with van der Waals surface area (Å²) < 4.78 is 0. The molecule has 1 unspecified atom stereocenters. The summed E-state index contributed by atoms with van der Waals surface area (Å²) in [6, 6.07) is 7.08. The highest BCUT2D eigenvalue weighted by atomic mass is 35.5. The molecule has 2 atom stereocenters. The number of carbonyl (C=O) groups is 1. The van der Waals surface area contributed by atoms with E-state index in [-0.39, 0.29) is 6.04 Å². The molecule has 0 amide bonds. The van der Waals surface area contributed by atoms with Crippen LogP contribution in [-0.4, -0.2) is 17.1 Å². The van der Waals surface area contributed by atoms with Crippen LogP contribution in [0.2, 0.25) is 5.02 Å². The molecule has 0 radical (unpaired) electrons. The van der Waals surface area contributed by atoms with E-state index in [0.29, 0.717) is 10.9 Å². The second-order valence-corrected chi connectivity index (χ2v) is 5.03. The number of aliphatic carboxylic acids is 1. The van der Waals surface area contributed by atoms with Gasteiger partial charge in [-0.15, -0.1) is 0 Å². The third-order valence-electron chi connectivity index (χ3n) is 3.16. The van der Waals surface area contributed by atoms with Crippen LogP contribution in [0.5, 0.6) is 0 Å². The lowest BCUT2D eigenvalue weighted by molar-refractivity contribution is -0.140. The number of halogens is 1. The zero-order valence-electron chi connectivity index (χ0n) is 9.69. The Labute approximate surface area is 106 Å². The highest BCUT2D eigenvalue weighted by Crippen LogP contribution is 2.34. The highest BCUT2D eigenvalue weighted by molar-refractivity contribution is 6.30. The Hall–Kier alpha value is -1.06. The molecular formula is C13H16ClNO2. The molecule has 2 N–H and O–H groups in total. The van der Waals surface area contributed by atoms with Crippen LogP contribution >= 0.6 is 11.6 Å². The average molecular weight is 254 g/mol. The molecule has 0 saturated heterocycles. The largest absolute Gasteiger partial charge is 0.480 e. The van der Waals surface area contributed by atoms with E-state index in [1.165, 1.54) is 0 Å². The van der Waals surface area contributed by atoms with Crippen molar-refractivity contribution in [3.8, 4) is 0 Å². The number of benzene rings is 1. The second kappa shape index (κ2) is 5.07. The summed E-state index contributed by atoms with van der Waals surface area (Å²) in [4.78, 5) is 11.1. The van der Waals surface area contributed by atoms with E-state index in [4.69, 9.17) is 16.7 Å². The normalized spacial score (nSPS) is 18.7. The summed E-state index contributed by atoms with van der Waals surface area (Å²) in [5.74, 6) is -0.462. The number of carboxylic acids is 1. The van der Waals surface area contributed by atoms with Gasteiger partial charge in [-0.3, -0.25) is 10.1 Å². The Morgan fingerprint density at radius 1 is 1.41 bits per heavy atom. The number of nitrogens with one attached hydrogen (secondary N) is 1. The molecule has 1 fully saturated rings. The maximum absolute atomic E-state index is 11.1. The predicted molar refractivity (Wildman–Crippen MR) is 67.2 cm³/mol. The van der Waals surface area contributed by atoms with Gasteiger partial charge in [-0.1, -0.05) is 23.7 Å². The number of hydrogen-bond acceptors (Lipinski definition) is 2. The van der Waals surface area contributed by atoms with Gasteiger partial charge in [0, 0.05) is 11.1 Å². The SMILES string of the molecule is C[C@H](NC(C(=O)O)C1CC1)c1ccc(Cl)cc1. The lowest BCUT2D eigenvalue weighted by Crippen LogP contribution is -2.39. The molecular weight excluding hydrogens is 238 g/mol. The quantitative estimate of drug-likeness (QED) is 0.848. The second-order valence-electron chi connectivity index (χ2n) is 4.59. The fourth-order valence-corrected chi connectivity index (χ4v) is 2.08. The molecule has 2 rings (SSSR count). The van der Waals surface area contributed by atoms with E-state index in [9.17, 15) is 4.79 Å². The van der Waals surface area contributed by atoms with Crippen molar-refractivity contribution >= 4 is 17.6 Å². The molecule has 1 aromatic rings. The van der Waals surface area contributed by atoms with Crippen LogP contribution in [-0.2, 0) is 4.79 Å². The van der Waals surface area contributed by atoms with Gasteiger partial charge in [0.15, 0.2) is 0 Å². The van der Waals surface area contributed by atoms with Crippen molar-refractivity contribution < 1.29 is 9.90 Å². The smallest absolute Gasteiger partial charge is 0.320 e. The van der Waals surface area contributed by atoms with Gasteiger partial charge in [-0.2, -0.15) is 0 Å². The molecule has 4 heteroatoms. The summed E-state index contributed by atoms with van der Waals surface area (Å²) in [6.07, 6.45) is 2.02. The van der Waals surface area contributed by atoms with Gasteiger partial charge in [0.2, 0.25) is 0 Å². The van der Waals surface area contributed by atoms with E-state index in [1.54, 1.807) is 0 Å². The van der Waals surface area contributed by atoms with Crippen molar-refractivity contribution in [3.05, 3.63) is 34.9 Å². The highest BCUT2D eigenvalue weighted by Gasteiger charge is 2.36. The van der Waals surface area contributed by atoms with Crippen molar-refractivity contribution in [2.45, 2.75) is 31.8 Å². The minimum absolute atomic E-state index is 0.0222. The molecule has 92 valence electrons. The van der Waals surface area contributed by atoms with Crippen LogP contribution in [0.4, 0.5) is 0 Å². The van der Waals surface area contributed by atoms with Crippen molar-refractivity contribution in [3.63, 3.8) is 0 Å². The third-order valence-corrected chi connectivity index (χ3v) is 3.41. The van der Waals surface area contributed by atoms with Gasteiger partial charge in [0.05, 0.1) is 0 Å². The minimum atomic E-state index is -0.756. The van der Waals surface area contributed by atoms with Crippen LogP contribution in [0.3, 0.4) is 0 Å². The fraction of sp³-hybridized carbons (Fsp3) is 0.462. The van der Waals surface area contributed by atoms with Crippen LogP contribution in [0, 0.1) is 5.92 Å². The third kappa shape index (κ3) is 3.20. The molecule has 0 bridgehead atoms. The first kappa shape index (κ1) is 12.4. The first-order chi connectivity index (χ1) is 8.08.